The van der Waals surface area contributed by atoms with Crippen molar-refractivity contribution in [2.75, 3.05) is 6.61 Å². The molecule has 0 saturated heterocycles. The second-order valence-electron chi connectivity index (χ2n) is 4.48. The van der Waals surface area contributed by atoms with Gasteiger partial charge in [0.25, 0.3) is 5.91 Å². The summed E-state index contributed by atoms with van der Waals surface area (Å²) < 4.78 is 13.5. The monoisotopic (exact) mass is 255 g/mol. The molecule has 0 saturated carbocycles. The van der Waals surface area contributed by atoms with Crippen LogP contribution in [0.5, 0.6) is 5.75 Å². The van der Waals surface area contributed by atoms with Crippen molar-refractivity contribution in [1.29, 1.82) is 0 Å². The van der Waals surface area contributed by atoms with Gasteiger partial charge in [0.1, 0.15) is 17.1 Å². The number of carbonyl (C=O) groups is 1. The maximum absolute atomic E-state index is 13.5. The van der Waals surface area contributed by atoms with Gasteiger partial charge in [0.05, 0.1) is 0 Å². The van der Waals surface area contributed by atoms with Crippen LogP contribution in [-0.4, -0.2) is 28.3 Å². The zero-order valence-corrected chi connectivity index (χ0v) is 10.5. The van der Waals surface area contributed by atoms with Gasteiger partial charge in [0, 0.05) is 12.1 Å². The molecule has 0 aromatic heterocycles. The summed E-state index contributed by atoms with van der Waals surface area (Å²) in [4.78, 5) is 11.9. The van der Waals surface area contributed by atoms with E-state index in [1.165, 1.54) is 12.1 Å². The van der Waals surface area contributed by atoms with Crippen LogP contribution in [0, 0.1) is 5.82 Å². The van der Waals surface area contributed by atoms with E-state index >= 15 is 0 Å². The van der Waals surface area contributed by atoms with Gasteiger partial charge < -0.3 is 15.5 Å². The largest absolute Gasteiger partial charge is 0.507 e. The molecule has 0 aliphatic carbocycles. The number of phenolic OH excluding ortho intramolecular Hbond substituents is 1. The maximum Gasteiger partial charge on any atom is 0.258 e. The first-order valence-electron chi connectivity index (χ1n) is 5.84. The van der Waals surface area contributed by atoms with Crippen molar-refractivity contribution in [2.24, 2.45) is 0 Å². The van der Waals surface area contributed by atoms with E-state index in [9.17, 15) is 14.3 Å². The predicted octanol–water partition coefficient (Wildman–Crippen LogP) is 1.81. The third-order valence-electron chi connectivity index (χ3n) is 3.08. The van der Waals surface area contributed by atoms with Gasteiger partial charge in [-0.25, -0.2) is 4.39 Å². The van der Waals surface area contributed by atoms with E-state index in [1.54, 1.807) is 6.92 Å². The van der Waals surface area contributed by atoms with Gasteiger partial charge in [-0.2, -0.15) is 0 Å². The fourth-order valence-electron chi connectivity index (χ4n) is 1.65. The molecule has 1 aromatic rings. The van der Waals surface area contributed by atoms with Crippen LogP contribution >= 0.6 is 0 Å². The number of benzene rings is 1. The first kappa shape index (κ1) is 14.4. The number of carbonyl (C=O) groups excluding carboxylic acids is 1. The summed E-state index contributed by atoms with van der Waals surface area (Å²) in [5, 5.41) is 21.1. The van der Waals surface area contributed by atoms with Gasteiger partial charge in [-0.05, 0) is 31.9 Å². The first-order valence-corrected chi connectivity index (χ1v) is 5.84. The molecule has 4 nitrogen and oxygen atoms in total. The lowest BCUT2D eigenvalue weighted by Crippen LogP contribution is -2.46. The first-order chi connectivity index (χ1) is 8.43. The van der Waals surface area contributed by atoms with Crippen molar-refractivity contribution in [3.8, 4) is 5.75 Å². The molecule has 1 rings (SSSR count). The number of nitrogens with one attached hydrogen (secondary N) is 1. The molecule has 3 N–H and O–H groups in total. The predicted molar refractivity (Wildman–Crippen MR) is 65.9 cm³/mol. The minimum atomic E-state index is -0.769. The third-order valence-corrected chi connectivity index (χ3v) is 3.08. The summed E-state index contributed by atoms with van der Waals surface area (Å²) in [6.07, 6.45) is 0.957. The van der Waals surface area contributed by atoms with Crippen molar-refractivity contribution in [3.05, 3.63) is 29.6 Å². The number of hydrogen-bond acceptors (Lipinski definition) is 3. The highest BCUT2D eigenvalue weighted by Crippen LogP contribution is 2.22. The van der Waals surface area contributed by atoms with Gasteiger partial charge in [-0.3, -0.25) is 4.79 Å². The highest BCUT2D eigenvalue weighted by molar-refractivity contribution is 5.97. The number of phenols is 1. The number of aliphatic hydroxyl groups excluding tert-OH is 1. The molecule has 0 spiro atoms. The Kier molecular flexibility index (Phi) is 4.67. The highest BCUT2D eigenvalue weighted by atomic mass is 19.1. The van der Waals surface area contributed by atoms with Gasteiger partial charge >= 0.3 is 0 Å². The van der Waals surface area contributed by atoms with Crippen LogP contribution in [0.15, 0.2) is 18.2 Å². The molecule has 1 amide bonds. The Morgan fingerprint density at radius 3 is 2.67 bits per heavy atom. The van der Waals surface area contributed by atoms with E-state index in [-0.39, 0.29) is 12.2 Å². The zero-order chi connectivity index (χ0) is 13.8. The Morgan fingerprint density at radius 1 is 1.50 bits per heavy atom. The second kappa shape index (κ2) is 5.82. The molecule has 100 valence electrons. The van der Waals surface area contributed by atoms with Gasteiger partial charge in [0.15, 0.2) is 0 Å². The standard InChI is InChI=1S/C13H18FNO3/c1-3-13(2,7-8-16)15-12(18)11-9(14)5-4-6-10(11)17/h4-6,16-17H,3,7-8H2,1-2H3,(H,15,18). The smallest absolute Gasteiger partial charge is 0.258 e. The molecule has 0 bridgehead atoms. The molecule has 1 unspecified atom stereocenters. The second-order valence-corrected chi connectivity index (χ2v) is 4.48. The van der Waals surface area contributed by atoms with E-state index in [2.05, 4.69) is 5.32 Å². The Labute approximate surface area is 105 Å². The fraction of sp³-hybridized carbons (Fsp3) is 0.462. The van der Waals surface area contributed by atoms with E-state index in [1.807, 2.05) is 6.92 Å². The molecule has 0 radical (unpaired) electrons. The van der Waals surface area contributed by atoms with Crippen molar-refractivity contribution in [3.63, 3.8) is 0 Å². The number of hydrogen-bond donors (Lipinski definition) is 3. The summed E-state index contributed by atoms with van der Waals surface area (Å²) in [5.74, 6) is -1.84. The number of amides is 1. The average Bonchev–Trinajstić information content (AvgIpc) is 2.29. The summed E-state index contributed by atoms with van der Waals surface area (Å²) in [6.45, 7) is 3.55. The lowest BCUT2D eigenvalue weighted by molar-refractivity contribution is 0.0879. The van der Waals surface area contributed by atoms with Crippen LogP contribution < -0.4 is 5.32 Å². The van der Waals surface area contributed by atoms with Gasteiger partial charge in [-0.1, -0.05) is 13.0 Å². The Balaban J connectivity index is 2.95. The average molecular weight is 255 g/mol. The third kappa shape index (κ3) is 3.20. The number of aromatic hydroxyl groups is 1. The topological polar surface area (TPSA) is 69.6 Å². The Morgan fingerprint density at radius 2 is 2.17 bits per heavy atom. The molecule has 0 aliphatic heterocycles. The van der Waals surface area contributed by atoms with Crippen molar-refractivity contribution in [2.45, 2.75) is 32.2 Å². The minimum absolute atomic E-state index is 0.0755. The zero-order valence-electron chi connectivity index (χ0n) is 10.5. The molecule has 1 atom stereocenters. The molecular formula is C13H18FNO3. The molecule has 0 aliphatic rings. The van der Waals surface area contributed by atoms with Crippen LogP contribution in [0.25, 0.3) is 0 Å². The lowest BCUT2D eigenvalue weighted by atomic mass is 9.94. The molecule has 0 heterocycles. The Bertz CT molecular complexity index is 416. The van der Waals surface area contributed by atoms with Gasteiger partial charge in [0.2, 0.25) is 0 Å². The van der Waals surface area contributed by atoms with Crippen LogP contribution in [0.2, 0.25) is 0 Å². The fourth-order valence-corrected chi connectivity index (χ4v) is 1.65. The molecule has 0 fully saturated rings. The maximum atomic E-state index is 13.5. The highest BCUT2D eigenvalue weighted by Gasteiger charge is 2.26. The summed E-state index contributed by atoms with van der Waals surface area (Å²) in [7, 11) is 0. The van der Waals surface area contributed by atoms with E-state index in [4.69, 9.17) is 5.11 Å². The van der Waals surface area contributed by atoms with Crippen LogP contribution in [-0.2, 0) is 0 Å². The van der Waals surface area contributed by atoms with Crippen molar-refractivity contribution < 1.29 is 19.4 Å². The SMILES string of the molecule is CCC(C)(CCO)NC(=O)c1c(O)cccc1F. The van der Waals surface area contributed by atoms with Crippen molar-refractivity contribution >= 4 is 5.91 Å². The minimum Gasteiger partial charge on any atom is -0.507 e. The van der Waals surface area contributed by atoms with E-state index < -0.39 is 23.0 Å². The lowest BCUT2D eigenvalue weighted by Gasteiger charge is -2.29. The number of halogens is 1. The summed E-state index contributed by atoms with van der Waals surface area (Å²) in [5.41, 5.74) is -0.990. The Hall–Kier alpha value is -1.62. The quantitative estimate of drug-likeness (QED) is 0.751. The molecule has 18 heavy (non-hydrogen) atoms. The normalized spacial score (nSPS) is 14.0. The van der Waals surface area contributed by atoms with E-state index in [0.29, 0.717) is 12.8 Å². The van der Waals surface area contributed by atoms with Gasteiger partial charge in [-0.15, -0.1) is 0 Å². The molecule has 1 aromatic carbocycles. The molecular weight excluding hydrogens is 237 g/mol. The summed E-state index contributed by atoms with van der Waals surface area (Å²) >= 11 is 0. The number of aliphatic hydroxyl groups is 1. The van der Waals surface area contributed by atoms with Crippen LogP contribution in [0.3, 0.4) is 0 Å². The van der Waals surface area contributed by atoms with E-state index in [0.717, 1.165) is 6.07 Å². The summed E-state index contributed by atoms with van der Waals surface area (Å²) in [6, 6.07) is 3.70. The van der Waals surface area contributed by atoms with Crippen LogP contribution in [0.1, 0.15) is 37.0 Å². The van der Waals surface area contributed by atoms with Crippen molar-refractivity contribution in [1.82, 2.24) is 5.32 Å². The molecule has 5 heteroatoms. The van der Waals surface area contributed by atoms with Crippen LogP contribution in [0.4, 0.5) is 4.39 Å². The number of rotatable bonds is 5.